The highest BCUT2D eigenvalue weighted by Crippen LogP contribution is 2.39. The van der Waals surface area contributed by atoms with Crippen LogP contribution in [0, 0.1) is 17.0 Å². The second kappa shape index (κ2) is 13.1. The number of ether oxygens (including phenoxy) is 2. The summed E-state index contributed by atoms with van der Waals surface area (Å²) in [4.78, 5) is 44.4. The number of aromatic nitrogens is 1. The Balaban J connectivity index is 1.57. The number of nitrogens with zero attached hydrogens (tertiary/aromatic N) is 3. The van der Waals surface area contributed by atoms with Crippen molar-refractivity contribution in [3.8, 4) is 17.1 Å². The van der Waals surface area contributed by atoms with Crippen molar-refractivity contribution in [2.75, 3.05) is 6.61 Å². The summed E-state index contributed by atoms with van der Waals surface area (Å²) in [6.07, 6.45) is 1.45. The van der Waals surface area contributed by atoms with Gasteiger partial charge in [-0.05, 0) is 45.9 Å². The number of carbonyl (C=O) groups excluding carboxylic acids is 1. The van der Waals surface area contributed by atoms with Crippen molar-refractivity contribution < 1.29 is 23.6 Å². The number of hydrogen-bond donors (Lipinski definition) is 0. The molecular formula is C36H31N3O7S. The molecule has 0 fully saturated rings. The second-order valence-corrected chi connectivity index (χ2v) is 12.1. The number of furan rings is 1. The molecule has 3 heterocycles. The van der Waals surface area contributed by atoms with Crippen molar-refractivity contribution in [3.63, 3.8) is 0 Å². The zero-order valence-electron chi connectivity index (χ0n) is 26.1. The second-order valence-electron chi connectivity index (χ2n) is 11.0. The third kappa shape index (κ3) is 6.05. The van der Waals surface area contributed by atoms with Gasteiger partial charge < -0.3 is 13.9 Å². The molecule has 6 rings (SSSR count). The summed E-state index contributed by atoms with van der Waals surface area (Å²) in [5, 5.41) is 11.5. The van der Waals surface area contributed by atoms with Gasteiger partial charge in [-0.15, -0.1) is 0 Å². The lowest BCUT2D eigenvalue weighted by atomic mass is 9.92. The fraction of sp³-hybridized carbons (Fsp3) is 0.194. The molecule has 10 nitrogen and oxygen atoms in total. The van der Waals surface area contributed by atoms with Crippen LogP contribution in [0.25, 0.3) is 23.1 Å². The summed E-state index contributed by atoms with van der Waals surface area (Å²) in [6.45, 7) is 7.35. The summed E-state index contributed by atoms with van der Waals surface area (Å²) in [6, 6.07) is 24.0. The Morgan fingerprint density at radius 1 is 1.06 bits per heavy atom. The summed E-state index contributed by atoms with van der Waals surface area (Å²) < 4.78 is 19.7. The van der Waals surface area contributed by atoms with Crippen LogP contribution in [-0.4, -0.2) is 28.2 Å². The Morgan fingerprint density at radius 2 is 1.81 bits per heavy atom. The van der Waals surface area contributed by atoms with Gasteiger partial charge in [-0.2, -0.15) is 0 Å². The molecule has 0 saturated carbocycles. The number of thiazole rings is 1. The molecule has 47 heavy (non-hydrogen) atoms. The largest absolute Gasteiger partial charge is 0.491 e. The van der Waals surface area contributed by atoms with E-state index in [1.54, 1.807) is 44.2 Å². The molecule has 0 N–H and O–H groups in total. The molecule has 0 amide bonds. The van der Waals surface area contributed by atoms with Gasteiger partial charge in [0.25, 0.3) is 11.2 Å². The van der Waals surface area contributed by atoms with Crippen LogP contribution in [0.3, 0.4) is 0 Å². The normalized spacial score (nSPS) is 14.6. The number of nitro benzene ring substituents is 1. The molecule has 11 heteroatoms. The van der Waals surface area contributed by atoms with E-state index >= 15 is 0 Å². The van der Waals surface area contributed by atoms with Crippen molar-refractivity contribution in [2.24, 2.45) is 4.99 Å². The first-order chi connectivity index (χ1) is 22.7. The monoisotopic (exact) mass is 649 g/mol. The van der Waals surface area contributed by atoms with Gasteiger partial charge in [-0.3, -0.25) is 19.5 Å². The number of benzene rings is 3. The molecule has 1 atom stereocenters. The molecule has 1 aliphatic heterocycles. The van der Waals surface area contributed by atoms with Crippen LogP contribution in [0.15, 0.2) is 105 Å². The number of nitro groups is 1. The van der Waals surface area contributed by atoms with Gasteiger partial charge in [0.15, 0.2) is 4.80 Å². The zero-order valence-corrected chi connectivity index (χ0v) is 26.9. The highest BCUT2D eigenvalue weighted by atomic mass is 32.1. The quantitative estimate of drug-likeness (QED) is 0.106. The van der Waals surface area contributed by atoms with Crippen molar-refractivity contribution in [1.29, 1.82) is 0 Å². The first kappa shape index (κ1) is 31.4. The Morgan fingerprint density at radius 3 is 2.53 bits per heavy atom. The lowest BCUT2D eigenvalue weighted by Gasteiger charge is -2.27. The molecule has 2 aromatic heterocycles. The third-order valence-corrected chi connectivity index (χ3v) is 8.60. The average molecular weight is 650 g/mol. The van der Waals surface area contributed by atoms with Crippen molar-refractivity contribution >= 4 is 34.8 Å². The van der Waals surface area contributed by atoms with Crippen molar-refractivity contribution in [3.05, 3.63) is 143 Å². The highest BCUT2D eigenvalue weighted by molar-refractivity contribution is 7.07. The Kier molecular flexibility index (Phi) is 8.73. The Hall–Kier alpha value is -5.55. The SMILES string of the molecule is CCOC(=O)C1=C(c2ccccc2)N=c2s/c(=C/c3ccc(-c4cccc([N+](=O)[O-])c4C)o3)c(=O)n2[C@H]1c1ccccc1OC(C)C. The van der Waals surface area contributed by atoms with E-state index in [0.717, 1.165) is 0 Å². The van der Waals surface area contributed by atoms with E-state index in [9.17, 15) is 19.7 Å². The lowest BCUT2D eigenvalue weighted by molar-refractivity contribution is -0.385. The number of fused-ring (bicyclic) bond motifs is 1. The van der Waals surface area contributed by atoms with E-state index in [1.165, 1.54) is 22.0 Å². The number of para-hydroxylation sites is 1. The molecule has 0 bridgehead atoms. The summed E-state index contributed by atoms with van der Waals surface area (Å²) in [5.74, 6) is 0.751. The van der Waals surface area contributed by atoms with Crippen LogP contribution in [-0.2, 0) is 9.53 Å². The number of carbonyl (C=O) groups is 1. The van der Waals surface area contributed by atoms with E-state index in [1.807, 2.05) is 68.4 Å². The van der Waals surface area contributed by atoms with Crippen LogP contribution in [0.4, 0.5) is 5.69 Å². The minimum Gasteiger partial charge on any atom is -0.491 e. The summed E-state index contributed by atoms with van der Waals surface area (Å²) in [7, 11) is 0. The molecule has 0 radical (unpaired) electrons. The van der Waals surface area contributed by atoms with Crippen molar-refractivity contribution in [1.82, 2.24) is 4.57 Å². The fourth-order valence-electron chi connectivity index (χ4n) is 5.59. The number of hydrogen-bond acceptors (Lipinski definition) is 9. The maximum atomic E-state index is 14.3. The Labute approximate surface area is 273 Å². The standard InChI is InChI=1S/C36H31N3O7S/c1-5-44-35(41)31-32(23-12-7-6-8-13-23)37-36-38(33(31)26-14-9-10-17-28(26)45-21(2)3)34(40)30(47-36)20-24-18-19-29(46-24)25-15-11-16-27(22(25)4)39(42)43/h6-21,33H,5H2,1-4H3/b30-20+/t33-/m0/s1. The van der Waals surface area contributed by atoms with Crippen LogP contribution < -0.4 is 19.6 Å². The van der Waals surface area contributed by atoms with E-state index in [0.29, 0.717) is 54.6 Å². The van der Waals surface area contributed by atoms with Gasteiger partial charge >= 0.3 is 5.97 Å². The molecule has 0 aliphatic carbocycles. The molecule has 0 spiro atoms. The molecule has 0 unspecified atom stereocenters. The first-order valence-corrected chi connectivity index (χ1v) is 15.9. The van der Waals surface area contributed by atoms with E-state index in [2.05, 4.69) is 0 Å². The van der Waals surface area contributed by atoms with E-state index in [-0.39, 0.29) is 29.5 Å². The van der Waals surface area contributed by atoms with Gasteiger partial charge in [-0.25, -0.2) is 9.79 Å². The number of rotatable bonds is 9. The molecule has 5 aromatic rings. The maximum absolute atomic E-state index is 14.3. The van der Waals surface area contributed by atoms with Gasteiger partial charge in [0.05, 0.1) is 33.4 Å². The van der Waals surface area contributed by atoms with Crippen LogP contribution in [0.2, 0.25) is 0 Å². The van der Waals surface area contributed by atoms with E-state index in [4.69, 9.17) is 18.9 Å². The predicted molar refractivity (Wildman–Crippen MR) is 179 cm³/mol. The fourth-order valence-corrected chi connectivity index (χ4v) is 6.58. The minimum absolute atomic E-state index is 0.0119. The van der Waals surface area contributed by atoms with E-state index < -0.39 is 16.9 Å². The van der Waals surface area contributed by atoms with Gasteiger partial charge in [-0.1, -0.05) is 72.0 Å². The van der Waals surface area contributed by atoms with Crippen LogP contribution in [0.1, 0.15) is 49.3 Å². The Bertz CT molecular complexity index is 2210. The predicted octanol–water partition coefficient (Wildman–Crippen LogP) is 6.20. The summed E-state index contributed by atoms with van der Waals surface area (Å²) in [5.41, 5.74) is 2.60. The third-order valence-electron chi connectivity index (χ3n) is 7.62. The molecule has 3 aromatic carbocycles. The van der Waals surface area contributed by atoms with Gasteiger partial charge in [0.1, 0.15) is 23.3 Å². The molecule has 0 saturated heterocycles. The van der Waals surface area contributed by atoms with Crippen molar-refractivity contribution in [2.45, 2.75) is 39.8 Å². The maximum Gasteiger partial charge on any atom is 0.338 e. The average Bonchev–Trinajstić information content (AvgIpc) is 3.64. The zero-order chi connectivity index (χ0) is 33.2. The van der Waals surface area contributed by atoms with Gasteiger partial charge in [0.2, 0.25) is 0 Å². The first-order valence-electron chi connectivity index (χ1n) is 15.1. The molecule has 238 valence electrons. The molecular weight excluding hydrogens is 618 g/mol. The lowest BCUT2D eigenvalue weighted by Crippen LogP contribution is -2.40. The number of esters is 1. The highest BCUT2D eigenvalue weighted by Gasteiger charge is 2.37. The van der Waals surface area contributed by atoms with Crippen LogP contribution in [0.5, 0.6) is 5.75 Å². The molecule has 1 aliphatic rings. The summed E-state index contributed by atoms with van der Waals surface area (Å²) >= 11 is 1.17. The topological polar surface area (TPSA) is 126 Å². The smallest absolute Gasteiger partial charge is 0.338 e. The van der Waals surface area contributed by atoms with Crippen LogP contribution >= 0.6 is 11.3 Å². The van der Waals surface area contributed by atoms with Gasteiger partial charge in [0, 0.05) is 34.4 Å². The minimum atomic E-state index is -0.905.